The molecule has 0 saturated carbocycles. The number of nitrogens with zero attached hydrogens (tertiary/aromatic N) is 1. The van der Waals surface area contributed by atoms with E-state index in [1.54, 1.807) is 25.6 Å². The normalized spacial score (nSPS) is 12.6. The highest BCUT2D eigenvalue weighted by Gasteiger charge is 2.26. The molecule has 148 valence electrons. The number of nitrogens with one attached hydrogen (secondary N) is 1. The molecule has 0 bridgehead atoms. The maximum atomic E-state index is 6.00. The Labute approximate surface area is 175 Å². The topological polar surface area (TPSA) is 65.8 Å². The minimum Gasteiger partial charge on any atom is -0.495 e. The van der Waals surface area contributed by atoms with Gasteiger partial charge in [-0.05, 0) is 58.1 Å². The van der Waals surface area contributed by atoms with Crippen molar-refractivity contribution in [2.75, 3.05) is 25.5 Å². The third kappa shape index (κ3) is 3.08. The van der Waals surface area contributed by atoms with Crippen molar-refractivity contribution in [1.82, 2.24) is 5.16 Å². The molecule has 1 N–H and O–H groups in total. The van der Waals surface area contributed by atoms with Gasteiger partial charge in [0.15, 0.2) is 11.4 Å². The Balaban J connectivity index is 1.54. The van der Waals surface area contributed by atoms with Crippen LogP contribution in [0, 0.1) is 0 Å². The Morgan fingerprint density at radius 2 is 2.00 bits per heavy atom. The van der Waals surface area contributed by atoms with Gasteiger partial charge in [-0.1, -0.05) is 11.2 Å². The average Bonchev–Trinajstić information content (AvgIpc) is 3.51. The summed E-state index contributed by atoms with van der Waals surface area (Å²) in [5.41, 5.74) is 4.22. The fourth-order valence-corrected chi connectivity index (χ4v) is 5.03. The quantitative estimate of drug-likeness (QED) is 0.401. The molecule has 2 aromatic carbocycles. The van der Waals surface area contributed by atoms with Gasteiger partial charge in [-0.15, -0.1) is 0 Å². The molecular weight excluding hydrogens is 408 g/mol. The predicted molar refractivity (Wildman–Crippen MR) is 116 cm³/mol. The van der Waals surface area contributed by atoms with Crippen molar-refractivity contribution < 1.29 is 18.7 Å². The number of aromatic nitrogens is 1. The van der Waals surface area contributed by atoms with Crippen molar-refractivity contribution in [3.8, 4) is 28.4 Å². The fourth-order valence-electron chi connectivity index (χ4n) is 3.54. The molecular formula is C21H18N2O4S2. The monoisotopic (exact) mass is 426 g/mol. The van der Waals surface area contributed by atoms with E-state index in [-0.39, 0.29) is 0 Å². The zero-order valence-corrected chi connectivity index (χ0v) is 17.5. The first-order chi connectivity index (χ1) is 14.3. The Kier molecular flexibility index (Phi) is 4.73. The molecule has 8 heteroatoms. The summed E-state index contributed by atoms with van der Waals surface area (Å²) in [4.78, 5) is 0.834. The molecule has 0 saturated heterocycles. The molecule has 2 aromatic heterocycles. The second kappa shape index (κ2) is 7.53. The van der Waals surface area contributed by atoms with E-state index in [1.165, 1.54) is 23.1 Å². The molecule has 4 aromatic rings. The summed E-state index contributed by atoms with van der Waals surface area (Å²) in [6.07, 6.45) is 0.870. The number of fused-ring (bicyclic) bond motifs is 3. The van der Waals surface area contributed by atoms with Crippen LogP contribution in [0.1, 0.15) is 5.56 Å². The van der Waals surface area contributed by atoms with Crippen LogP contribution in [0.4, 0.5) is 5.82 Å². The van der Waals surface area contributed by atoms with Crippen molar-refractivity contribution in [3.05, 3.63) is 46.7 Å². The smallest absolute Gasteiger partial charge is 0.191 e. The number of benzene rings is 2. The molecule has 0 fully saturated rings. The van der Waals surface area contributed by atoms with Crippen molar-refractivity contribution in [2.45, 2.75) is 11.3 Å². The van der Waals surface area contributed by atoms with Crippen molar-refractivity contribution in [3.63, 3.8) is 0 Å². The van der Waals surface area contributed by atoms with Crippen LogP contribution in [0.25, 0.3) is 22.1 Å². The largest absolute Gasteiger partial charge is 0.495 e. The van der Waals surface area contributed by atoms with Crippen molar-refractivity contribution >= 4 is 40.1 Å². The number of methoxy groups -OCH3 is 2. The summed E-state index contributed by atoms with van der Waals surface area (Å²) in [5.74, 6) is 2.90. The molecule has 6 nitrogen and oxygen atoms in total. The van der Waals surface area contributed by atoms with Crippen LogP contribution in [-0.4, -0.2) is 26.0 Å². The summed E-state index contributed by atoms with van der Waals surface area (Å²) < 4.78 is 25.9. The van der Waals surface area contributed by atoms with Crippen LogP contribution >= 0.6 is 23.3 Å². The van der Waals surface area contributed by atoms with Crippen LogP contribution in [0.3, 0.4) is 0 Å². The van der Waals surface area contributed by atoms with Gasteiger partial charge in [0, 0.05) is 12.0 Å². The summed E-state index contributed by atoms with van der Waals surface area (Å²) in [5, 5.41) is 9.33. The second-order valence-corrected chi connectivity index (χ2v) is 8.04. The van der Waals surface area contributed by atoms with Gasteiger partial charge in [0.1, 0.15) is 27.5 Å². The van der Waals surface area contributed by atoms with Gasteiger partial charge in [-0.2, -0.15) is 11.3 Å². The van der Waals surface area contributed by atoms with E-state index in [2.05, 4.69) is 32.8 Å². The molecule has 0 atom stereocenters. The van der Waals surface area contributed by atoms with E-state index >= 15 is 0 Å². The minimum atomic E-state index is 0.618. The summed E-state index contributed by atoms with van der Waals surface area (Å²) in [6, 6.07) is 9.84. The van der Waals surface area contributed by atoms with Crippen LogP contribution < -0.4 is 18.9 Å². The Morgan fingerprint density at radius 3 is 2.72 bits per heavy atom. The van der Waals surface area contributed by atoms with Gasteiger partial charge >= 0.3 is 0 Å². The fraction of sp³-hybridized carbons (Fsp3) is 0.190. The van der Waals surface area contributed by atoms with Gasteiger partial charge in [-0.3, -0.25) is 0 Å². The van der Waals surface area contributed by atoms with Gasteiger partial charge in [0.05, 0.1) is 20.8 Å². The molecule has 1 aliphatic rings. The minimum absolute atomic E-state index is 0.618. The Morgan fingerprint density at radius 1 is 1.17 bits per heavy atom. The zero-order valence-electron chi connectivity index (χ0n) is 15.9. The molecule has 29 heavy (non-hydrogen) atoms. The highest BCUT2D eigenvalue weighted by atomic mass is 32.2. The van der Waals surface area contributed by atoms with E-state index in [9.17, 15) is 0 Å². The van der Waals surface area contributed by atoms with Crippen LogP contribution in [0.2, 0.25) is 0 Å². The maximum Gasteiger partial charge on any atom is 0.191 e. The van der Waals surface area contributed by atoms with Crippen LogP contribution in [0.15, 0.2) is 50.5 Å². The number of ether oxygens (including phenoxy) is 3. The highest BCUT2D eigenvalue weighted by Crippen LogP contribution is 2.46. The third-order valence-electron chi connectivity index (χ3n) is 4.88. The molecule has 3 heterocycles. The predicted octanol–water partition coefficient (Wildman–Crippen LogP) is 5.63. The first-order valence-electron chi connectivity index (χ1n) is 9.04. The Hall–Kier alpha value is -2.84. The number of thiophene rings is 1. The summed E-state index contributed by atoms with van der Waals surface area (Å²) in [6.45, 7) is 0.656. The van der Waals surface area contributed by atoms with Gasteiger partial charge in [0.25, 0.3) is 0 Å². The van der Waals surface area contributed by atoms with Crippen molar-refractivity contribution in [1.29, 1.82) is 0 Å². The number of hydrogen-bond donors (Lipinski definition) is 1. The standard InChI is InChI=1S/C21H18N2O4S2/c1-24-15-4-3-5-16(25-2)20(15)29-23-21-18-17(27-22-21)10-14(12-7-9-28-11-12)13-6-8-26-19(13)18/h3-5,7,9-11H,6,8H2,1-2H3,(H,22,23). The molecule has 0 spiro atoms. The van der Waals surface area contributed by atoms with E-state index < -0.39 is 0 Å². The highest BCUT2D eigenvalue weighted by molar-refractivity contribution is 8.00. The zero-order chi connectivity index (χ0) is 19.8. The van der Waals surface area contributed by atoms with E-state index in [0.29, 0.717) is 18.0 Å². The van der Waals surface area contributed by atoms with Crippen molar-refractivity contribution in [2.24, 2.45) is 0 Å². The summed E-state index contributed by atoms with van der Waals surface area (Å²) >= 11 is 3.04. The lowest BCUT2D eigenvalue weighted by Crippen LogP contribution is -1.95. The van der Waals surface area contributed by atoms with Gasteiger partial charge in [-0.25, -0.2) is 0 Å². The number of hydrogen-bond acceptors (Lipinski definition) is 8. The SMILES string of the molecule is COc1cccc(OC)c1SNc1noc2cc(-c3ccsc3)c3c(c12)OCC3. The van der Waals surface area contributed by atoms with E-state index in [1.807, 2.05) is 18.2 Å². The molecule has 0 radical (unpaired) electrons. The second-order valence-electron chi connectivity index (χ2n) is 6.44. The first-order valence-corrected chi connectivity index (χ1v) is 10.8. The molecule has 1 aliphatic heterocycles. The molecule has 0 amide bonds. The maximum absolute atomic E-state index is 6.00. The van der Waals surface area contributed by atoms with E-state index in [4.69, 9.17) is 18.7 Å². The lowest BCUT2D eigenvalue weighted by molar-refractivity contribution is 0.360. The number of anilines is 1. The lowest BCUT2D eigenvalue weighted by atomic mass is 9.98. The molecule has 5 rings (SSSR count). The Bertz CT molecular complexity index is 1150. The molecule has 0 unspecified atom stereocenters. The third-order valence-corrected chi connectivity index (χ3v) is 6.47. The van der Waals surface area contributed by atoms with Crippen LogP contribution in [-0.2, 0) is 6.42 Å². The number of rotatable bonds is 6. The first kappa shape index (κ1) is 18.2. The van der Waals surface area contributed by atoms with Gasteiger partial charge < -0.3 is 23.5 Å². The van der Waals surface area contributed by atoms with E-state index in [0.717, 1.165) is 39.5 Å². The summed E-state index contributed by atoms with van der Waals surface area (Å²) in [7, 11) is 3.27. The molecule has 0 aliphatic carbocycles. The van der Waals surface area contributed by atoms with Crippen LogP contribution in [0.5, 0.6) is 17.2 Å². The lowest BCUT2D eigenvalue weighted by Gasteiger charge is -2.12. The average molecular weight is 427 g/mol. The van der Waals surface area contributed by atoms with Gasteiger partial charge in [0.2, 0.25) is 0 Å².